The van der Waals surface area contributed by atoms with Crippen molar-refractivity contribution in [3.05, 3.63) is 64.4 Å². The van der Waals surface area contributed by atoms with Gasteiger partial charge < -0.3 is 5.11 Å². The van der Waals surface area contributed by atoms with Gasteiger partial charge in [-0.2, -0.15) is 0 Å². The molecule has 17 heavy (non-hydrogen) atoms. The average molecular weight is 251 g/mol. The van der Waals surface area contributed by atoms with Gasteiger partial charge in [-0.25, -0.2) is 4.39 Å². The second-order valence-electron chi connectivity index (χ2n) is 3.45. The van der Waals surface area contributed by atoms with E-state index in [1.54, 1.807) is 30.3 Å². The molecule has 2 aromatic carbocycles. The Balaban J connectivity index is 2.49. The van der Waals surface area contributed by atoms with Crippen molar-refractivity contribution >= 4 is 17.4 Å². The van der Waals surface area contributed by atoms with E-state index < -0.39 is 22.4 Å². The zero-order chi connectivity index (χ0) is 12.4. The fourth-order valence-corrected chi connectivity index (χ4v) is 1.63. The Labute approximate surface area is 102 Å². The van der Waals surface area contributed by atoms with E-state index in [-0.39, 0.29) is 5.56 Å². The Bertz CT molecular complexity index is 567. The fraction of sp³-hybridized carbons (Fsp3) is 0. The van der Waals surface area contributed by atoms with Crippen molar-refractivity contribution in [2.45, 2.75) is 0 Å². The summed E-state index contributed by atoms with van der Waals surface area (Å²) in [4.78, 5) is 12.0. The molecule has 0 saturated carbocycles. The van der Waals surface area contributed by atoms with Crippen LogP contribution in [0.25, 0.3) is 0 Å². The highest BCUT2D eigenvalue weighted by Crippen LogP contribution is 2.31. The normalized spacial score (nSPS) is 10.2. The molecule has 0 heterocycles. The highest BCUT2D eigenvalue weighted by Gasteiger charge is 2.17. The van der Waals surface area contributed by atoms with Gasteiger partial charge in [-0.05, 0) is 12.1 Å². The van der Waals surface area contributed by atoms with Gasteiger partial charge >= 0.3 is 0 Å². The second kappa shape index (κ2) is 4.55. The quantitative estimate of drug-likeness (QED) is 0.830. The second-order valence-corrected chi connectivity index (χ2v) is 3.83. The molecule has 0 aliphatic heterocycles. The third kappa shape index (κ3) is 2.15. The minimum atomic E-state index is -0.756. The molecule has 0 atom stereocenters. The molecule has 0 aliphatic carbocycles. The molecule has 4 heteroatoms. The zero-order valence-corrected chi connectivity index (χ0v) is 9.41. The van der Waals surface area contributed by atoms with Crippen LogP contribution in [0.2, 0.25) is 5.02 Å². The molecule has 0 bridgehead atoms. The maximum absolute atomic E-state index is 13.0. The number of halogens is 2. The third-order valence-electron chi connectivity index (χ3n) is 2.35. The first-order valence-corrected chi connectivity index (χ1v) is 5.26. The van der Waals surface area contributed by atoms with Gasteiger partial charge in [-0.1, -0.05) is 41.9 Å². The maximum Gasteiger partial charge on any atom is 0.196 e. The van der Waals surface area contributed by atoms with Crippen LogP contribution in [0.1, 0.15) is 15.9 Å². The van der Waals surface area contributed by atoms with Gasteiger partial charge in [0, 0.05) is 5.56 Å². The molecule has 0 radical (unpaired) electrons. The van der Waals surface area contributed by atoms with Crippen LogP contribution >= 0.6 is 11.6 Å². The van der Waals surface area contributed by atoms with Crippen LogP contribution in [-0.2, 0) is 0 Å². The Kier molecular flexibility index (Phi) is 3.11. The minimum Gasteiger partial charge on any atom is -0.505 e. The molecular weight excluding hydrogens is 243 g/mol. The van der Waals surface area contributed by atoms with Gasteiger partial charge in [0.1, 0.15) is 16.6 Å². The number of benzene rings is 2. The van der Waals surface area contributed by atoms with E-state index in [1.807, 2.05) is 0 Å². The summed E-state index contributed by atoms with van der Waals surface area (Å²) in [7, 11) is 0. The van der Waals surface area contributed by atoms with Gasteiger partial charge in [0.25, 0.3) is 0 Å². The minimum absolute atomic E-state index is 0.0115. The van der Waals surface area contributed by atoms with Crippen molar-refractivity contribution < 1.29 is 14.3 Å². The smallest absolute Gasteiger partial charge is 0.196 e. The Morgan fingerprint density at radius 1 is 1.12 bits per heavy atom. The fourth-order valence-electron chi connectivity index (χ4n) is 1.47. The monoisotopic (exact) mass is 250 g/mol. The van der Waals surface area contributed by atoms with E-state index in [9.17, 15) is 14.3 Å². The molecule has 2 aromatic rings. The first kappa shape index (κ1) is 11.6. The summed E-state index contributed by atoms with van der Waals surface area (Å²) in [6, 6.07) is 10.7. The van der Waals surface area contributed by atoms with Crippen molar-refractivity contribution in [3.8, 4) is 5.75 Å². The molecule has 0 unspecified atom stereocenters. The summed E-state index contributed by atoms with van der Waals surface area (Å²) in [5.41, 5.74) is 0.396. The van der Waals surface area contributed by atoms with Crippen LogP contribution in [0.5, 0.6) is 5.75 Å². The summed E-state index contributed by atoms with van der Waals surface area (Å²) in [5, 5.41) is 9.18. The first-order valence-electron chi connectivity index (χ1n) is 4.88. The molecular formula is C13H8ClFO2. The van der Waals surface area contributed by atoms with E-state index in [2.05, 4.69) is 0 Å². The predicted octanol–water partition coefficient (Wildman–Crippen LogP) is 3.42. The van der Waals surface area contributed by atoms with Crippen LogP contribution < -0.4 is 0 Å². The topological polar surface area (TPSA) is 37.3 Å². The lowest BCUT2D eigenvalue weighted by Crippen LogP contribution is -2.02. The molecule has 2 nitrogen and oxygen atoms in total. The maximum atomic E-state index is 13.0. The molecule has 0 saturated heterocycles. The van der Waals surface area contributed by atoms with Gasteiger partial charge in [-0.15, -0.1) is 0 Å². The third-order valence-corrected chi connectivity index (χ3v) is 2.71. The Morgan fingerprint density at radius 2 is 1.76 bits per heavy atom. The molecule has 0 amide bonds. The van der Waals surface area contributed by atoms with Crippen LogP contribution in [0, 0.1) is 5.82 Å². The number of hydrogen-bond donors (Lipinski definition) is 1. The molecule has 0 aliphatic rings. The summed E-state index contributed by atoms with van der Waals surface area (Å²) in [6.07, 6.45) is 0. The highest BCUT2D eigenvalue weighted by atomic mass is 35.5. The molecule has 0 fully saturated rings. The van der Waals surface area contributed by atoms with Crippen LogP contribution in [0.3, 0.4) is 0 Å². The standard InChI is InChI=1S/C13H8ClFO2/c14-11-10(15)7-6-9(13(11)17)12(16)8-4-2-1-3-5-8/h1-7,17H. The summed E-state index contributed by atoms with van der Waals surface area (Å²) in [5.74, 6) is -1.68. The van der Waals surface area contributed by atoms with E-state index in [0.29, 0.717) is 5.56 Å². The van der Waals surface area contributed by atoms with Crippen LogP contribution in [0.4, 0.5) is 4.39 Å². The number of hydrogen-bond acceptors (Lipinski definition) is 2. The van der Waals surface area contributed by atoms with Crippen molar-refractivity contribution in [2.24, 2.45) is 0 Å². The van der Waals surface area contributed by atoms with E-state index in [0.717, 1.165) is 6.07 Å². The number of ketones is 1. The average Bonchev–Trinajstić information content (AvgIpc) is 2.36. The van der Waals surface area contributed by atoms with Crippen molar-refractivity contribution in [2.75, 3.05) is 0 Å². The number of phenols is 1. The molecule has 2 rings (SSSR count). The van der Waals surface area contributed by atoms with E-state index in [4.69, 9.17) is 11.6 Å². The van der Waals surface area contributed by atoms with E-state index in [1.165, 1.54) is 6.07 Å². The summed E-state index contributed by atoms with van der Waals surface area (Å²) >= 11 is 5.54. The number of carbonyl (C=O) groups is 1. The van der Waals surface area contributed by atoms with E-state index >= 15 is 0 Å². The summed E-state index contributed by atoms with van der Waals surface area (Å²) in [6.45, 7) is 0. The Morgan fingerprint density at radius 3 is 2.41 bits per heavy atom. The number of aromatic hydroxyl groups is 1. The molecule has 1 N–H and O–H groups in total. The van der Waals surface area contributed by atoms with Crippen LogP contribution in [-0.4, -0.2) is 10.9 Å². The van der Waals surface area contributed by atoms with Crippen LogP contribution in [0.15, 0.2) is 42.5 Å². The molecule has 86 valence electrons. The largest absolute Gasteiger partial charge is 0.505 e. The Hall–Kier alpha value is -1.87. The number of rotatable bonds is 2. The first-order chi connectivity index (χ1) is 8.11. The van der Waals surface area contributed by atoms with Gasteiger partial charge in [0.15, 0.2) is 5.78 Å². The summed E-state index contributed by atoms with van der Waals surface area (Å²) < 4.78 is 13.0. The van der Waals surface area contributed by atoms with Crippen molar-refractivity contribution in [3.63, 3.8) is 0 Å². The lowest BCUT2D eigenvalue weighted by molar-refractivity contribution is 0.103. The number of phenolic OH excluding ortho intramolecular Hbond substituents is 1. The highest BCUT2D eigenvalue weighted by molar-refractivity contribution is 6.33. The predicted molar refractivity (Wildman–Crippen MR) is 62.9 cm³/mol. The van der Waals surface area contributed by atoms with Gasteiger partial charge in [-0.3, -0.25) is 4.79 Å². The zero-order valence-electron chi connectivity index (χ0n) is 8.65. The van der Waals surface area contributed by atoms with Gasteiger partial charge in [0.2, 0.25) is 0 Å². The number of carbonyl (C=O) groups excluding carboxylic acids is 1. The lowest BCUT2D eigenvalue weighted by atomic mass is 10.0. The molecule has 0 spiro atoms. The van der Waals surface area contributed by atoms with Crippen molar-refractivity contribution in [1.82, 2.24) is 0 Å². The van der Waals surface area contributed by atoms with Crippen molar-refractivity contribution in [1.29, 1.82) is 0 Å². The molecule has 0 aromatic heterocycles. The SMILES string of the molecule is O=C(c1ccccc1)c1ccc(F)c(Cl)c1O. The lowest BCUT2D eigenvalue weighted by Gasteiger charge is -2.05. The van der Waals surface area contributed by atoms with Gasteiger partial charge in [0.05, 0.1) is 5.56 Å².